The zero-order valence-corrected chi connectivity index (χ0v) is 17.9. The minimum absolute atomic E-state index is 0.142. The highest BCUT2D eigenvalue weighted by Gasteiger charge is 2.16. The Morgan fingerprint density at radius 2 is 1.93 bits per heavy atom. The Balaban J connectivity index is 1.67. The molecule has 0 amide bonds. The van der Waals surface area contributed by atoms with E-state index >= 15 is 0 Å². The van der Waals surface area contributed by atoms with Gasteiger partial charge in [-0.3, -0.25) is 5.10 Å². The molecule has 0 saturated carbocycles. The van der Waals surface area contributed by atoms with Gasteiger partial charge in [0.15, 0.2) is 5.82 Å². The molecule has 2 aromatic heterocycles. The summed E-state index contributed by atoms with van der Waals surface area (Å²) in [6.07, 6.45) is 3.66. The lowest BCUT2D eigenvalue weighted by atomic mass is 10.1. The molecule has 4 rings (SSSR count). The van der Waals surface area contributed by atoms with Crippen LogP contribution in [0.25, 0.3) is 28.4 Å². The third-order valence-corrected chi connectivity index (χ3v) is 5.74. The molecule has 2 heterocycles. The summed E-state index contributed by atoms with van der Waals surface area (Å²) in [7, 11) is 0. The number of nitrogens with zero attached hydrogens (tertiary/aromatic N) is 3. The second-order valence-corrected chi connectivity index (χ2v) is 8.44. The summed E-state index contributed by atoms with van der Waals surface area (Å²) >= 11 is 6.93. The van der Waals surface area contributed by atoms with Crippen LogP contribution in [0.1, 0.15) is 25.5 Å². The van der Waals surface area contributed by atoms with Crippen molar-refractivity contribution in [2.24, 2.45) is 0 Å². The first-order valence-electron chi connectivity index (χ1n) is 9.33. The van der Waals surface area contributed by atoms with Crippen molar-refractivity contribution in [3.63, 3.8) is 0 Å². The van der Waals surface area contributed by atoms with Crippen LogP contribution in [0.3, 0.4) is 0 Å². The van der Waals surface area contributed by atoms with Crippen LogP contribution < -0.4 is 0 Å². The average Bonchev–Trinajstić information content (AvgIpc) is 3.33. The second-order valence-electron chi connectivity index (χ2n) is 6.99. The fourth-order valence-corrected chi connectivity index (χ4v) is 4.00. The second kappa shape index (κ2) is 8.38. The van der Waals surface area contributed by atoms with Crippen LogP contribution in [0.4, 0.5) is 0 Å². The smallest absolute Gasteiger partial charge is 0.342 e. The molecule has 0 spiro atoms. The van der Waals surface area contributed by atoms with Crippen LogP contribution in [0.15, 0.2) is 64.8 Å². The molecule has 0 aliphatic heterocycles. The van der Waals surface area contributed by atoms with Gasteiger partial charge in [-0.2, -0.15) is 0 Å². The van der Waals surface area contributed by atoms with Gasteiger partial charge in [-0.25, -0.2) is 9.78 Å². The number of halogens is 1. The molecule has 30 heavy (non-hydrogen) atoms. The largest absolute Gasteiger partial charge is 0.477 e. The summed E-state index contributed by atoms with van der Waals surface area (Å²) < 4.78 is 2.14. The van der Waals surface area contributed by atoms with Crippen molar-refractivity contribution in [3.8, 4) is 11.4 Å². The zero-order chi connectivity index (χ0) is 21.3. The van der Waals surface area contributed by atoms with Crippen molar-refractivity contribution in [2.75, 3.05) is 0 Å². The highest BCUT2D eigenvalue weighted by molar-refractivity contribution is 8.04. The molecule has 0 fully saturated rings. The van der Waals surface area contributed by atoms with E-state index in [9.17, 15) is 9.90 Å². The van der Waals surface area contributed by atoms with Gasteiger partial charge in [0.05, 0.1) is 0 Å². The van der Waals surface area contributed by atoms with E-state index in [-0.39, 0.29) is 10.9 Å². The Kier molecular flexibility index (Phi) is 5.65. The number of carboxylic acid groups (broad SMARTS) is 1. The lowest BCUT2D eigenvalue weighted by molar-refractivity contribution is -0.131. The number of hydrogen-bond donors (Lipinski definition) is 2. The van der Waals surface area contributed by atoms with Gasteiger partial charge < -0.3 is 9.67 Å². The Morgan fingerprint density at radius 3 is 2.63 bits per heavy atom. The van der Waals surface area contributed by atoms with Crippen LogP contribution in [0.2, 0.25) is 5.02 Å². The quantitative estimate of drug-likeness (QED) is 0.290. The van der Waals surface area contributed by atoms with E-state index in [1.165, 1.54) is 0 Å². The van der Waals surface area contributed by atoms with Crippen molar-refractivity contribution < 1.29 is 9.90 Å². The molecule has 0 bridgehead atoms. The number of hydrogen-bond acceptors (Lipinski definition) is 4. The number of carbonyl (C=O) groups is 1. The third kappa shape index (κ3) is 4.13. The molecule has 152 valence electrons. The van der Waals surface area contributed by atoms with E-state index in [0.717, 1.165) is 33.8 Å². The van der Waals surface area contributed by atoms with Crippen LogP contribution in [-0.2, 0) is 4.79 Å². The molecule has 0 saturated heterocycles. The van der Waals surface area contributed by atoms with Crippen molar-refractivity contribution >= 4 is 46.3 Å². The zero-order valence-electron chi connectivity index (χ0n) is 16.3. The number of thioether (sulfide) groups is 1. The molecule has 0 atom stereocenters. The monoisotopic (exact) mass is 438 g/mol. The number of aromatic amines is 1. The van der Waals surface area contributed by atoms with E-state index in [4.69, 9.17) is 11.6 Å². The van der Waals surface area contributed by atoms with Gasteiger partial charge in [-0.15, -0.1) is 5.10 Å². The fraction of sp³-hybridized carbons (Fsp3) is 0.136. The van der Waals surface area contributed by atoms with Crippen LogP contribution >= 0.6 is 23.4 Å². The lowest BCUT2D eigenvalue weighted by Gasteiger charge is -2.08. The average molecular weight is 439 g/mol. The molecular weight excluding hydrogens is 420 g/mol. The van der Waals surface area contributed by atoms with Crippen molar-refractivity contribution in [1.82, 2.24) is 19.7 Å². The van der Waals surface area contributed by atoms with Crippen molar-refractivity contribution in [1.29, 1.82) is 0 Å². The molecule has 0 aliphatic rings. The number of para-hydroxylation sites is 1. The van der Waals surface area contributed by atoms with Crippen molar-refractivity contribution in [2.45, 2.75) is 25.0 Å². The summed E-state index contributed by atoms with van der Waals surface area (Å²) in [5.74, 6) is -0.477. The highest BCUT2D eigenvalue weighted by Crippen LogP contribution is 2.31. The van der Waals surface area contributed by atoms with Gasteiger partial charge in [0.1, 0.15) is 4.91 Å². The number of rotatable bonds is 6. The Morgan fingerprint density at radius 1 is 1.20 bits per heavy atom. The predicted octanol–water partition coefficient (Wildman–Crippen LogP) is 5.88. The Bertz CT molecular complexity index is 1240. The number of aromatic nitrogens is 4. The maximum Gasteiger partial charge on any atom is 0.342 e. The standard InChI is InChI=1S/C22H19ClN4O2S/c1-13(2)27-12-15(17-5-3-4-6-18(17)27)11-19(21(28)29)30-22-24-20(25-26-22)14-7-9-16(23)10-8-14/h3-13H,1-2H3,(H,28,29)(H,24,25,26)/b19-11-. The number of benzene rings is 2. The number of nitrogens with one attached hydrogen (secondary N) is 1. The van der Waals surface area contributed by atoms with E-state index in [2.05, 4.69) is 33.6 Å². The van der Waals surface area contributed by atoms with E-state index < -0.39 is 5.97 Å². The van der Waals surface area contributed by atoms with Crippen LogP contribution in [-0.4, -0.2) is 30.8 Å². The minimum atomic E-state index is -1.03. The maximum absolute atomic E-state index is 11.9. The number of fused-ring (bicyclic) bond motifs is 1. The molecule has 4 aromatic rings. The molecule has 0 radical (unpaired) electrons. The highest BCUT2D eigenvalue weighted by atomic mass is 35.5. The van der Waals surface area contributed by atoms with Gasteiger partial charge >= 0.3 is 5.97 Å². The van der Waals surface area contributed by atoms with Crippen LogP contribution in [0.5, 0.6) is 0 Å². The molecule has 2 aromatic carbocycles. The maximum atomic E-state index is 11.9. The molecule has 8 heteroatoms. The first-order valence-corrected chi connectivity index (χ1v) is 10.5. The third-order valence-electron chi connectivity index (χ3n) is 4.61. The van der Waals surface area contributed by atoms with Gasteiger partial charge in [-0.1, -0.05) is 29.8 Å². The van der Waals surface area contributed by atoms with E-state index in [0.29, 0.717) is 16.0 Å². The first-order chi connectivity index (χ1) is 14.4. The summed E-state index contributed by atoms with van der Waals surface area (Å²) in [5, 5.41) is 18.7. The topological polar surface area (TPSA) is 83.8 Å². The van der Waals surface area contributed by atoms with E-state index in [1.54, 1.807) is 18.2 Å². The van der Waals surface area contributed by atoms with Gasteiger partial charge in [0, 0.05) is 39.3 Å². The molecule has 2 N–H and O–H groups in total. The normalized spacial score (nSPS) is 12.1. The van der Waals surface area contributed by atoms with Gasteiger partial charge in [0.25, 0.3) is 0 Å². The molecular formula is C22H19ClN4O2S. The lowest BCUT2D eigenvalue weighted by Crippen LogP contribution is -1.98. The molecule has 6 nitrogen and oxygen atoms in total. The number of H-pyrrole nitrogens is 1. The van der Waals surface area contributed by atoms with Gasteiger partial charge in [0.2, 0.25) is 5.16 Å². The summed E-state index contributed by atoms with van der Waals surface area (Å²) in [6, 6.07) is 15.4. The summed E-state index contributed by atoms with van der Waals surface area (Å²) in [6.45, 7) is 4.19. The Labute approximate surface area is 182 Å². The first kappa shape index (κ1) is 20.3. The number of aliphatic carboxylic acids is 1. The predicted molar refractivity (Wildman–Crippen MR) is 121 cm³/mol. The summed E-state index contributed by atoms with van der Waals surface area (Å²) in [5.41, 5.74) is 2.73. The summed E-state index contributed by atoms with van der Waals surface area (Å²) in [4.78, 5) is 16.5. The Hall–Kier alpha value is -3.03. The van der Waals surface area contributed by atoms with E-state index in [1.807, 2.05) is 42.6 Å². The van der Waals surface area contributed by atoms with Gasteiger partial charge in [-0.05, 0) is 62.0 Å². The number of carboxylic acids is 1. The minimum Gasteiger partial charge on any atom is -0.477 e. The SMILES string of the molecule is CC(C)n1cc(/C=C(\Sc2n[nH]c(-c3ccc(Cl)cc3)n2)C(=O)O)c2ccccc21. The fourth-order valence-electron chi connectivity index (χ4n) is 3.18. The van der Waals surface area contributed by atoms with Crippen LogP contribution in [0, 0.1) is 0 Å². The van der Waals surface area contributed by atoms with Crippen molar-refractivity contribution in [3.05, 3.63) is 70.2 Å². The molecule has 0 unspecified atom stereocenters. The molecule has 0 aliphatic carbocycles.